The molecule has 2 rings (SSSR count). The normalized spacial score (nSPS) is 10.9. The fraction of sp³-hybridized carbons (Fsp3) is 0.458. The standard InChI is InChI=1S/C24H30F2O3/c1-2-3-4-5-6-7-8-9-10-19-11-15-21(16-12-19)28-23(27)20-13-17-22(18-14-20)29-24(25)26/h11-18,24H,2-10H2,1H3. The minimum Gasteiger partial charge on any atom is -0.435 e. The van der Waals surface area contributed by atoms with Crippen molar-refractivity contribution in [3.63, 3.8) is 0 Å². The van der Waals surface area contributed by atoms with Crippen LogP contribution in [0.5, 0.6) is 11.5 Å². The molecule has 0 atom stereocenters. The van der Waals surface area contributed by atoms with Gasteiger partial charge in [0.1, 0.15) is 11.5 Å². The summed E-state index contributed by atoms with van der Waals surface area (Å²) >= 11 is 0. The van der Waals surface area contributed by atoms with Crippen LogP contribution in [0.2, 0.25) is 0 Å². The lowest BCUT2D eigenvalue weighted by atomic mass is 10.0. The summed E-state index contributed by atoms with van der Waals surface area (Å²) in [6.07, 6.45) is 11.4. The van der Waals surface area contributed by atoms with Crippen LogP contribution in [0.15, 0.2) is 48.5 Å². The van der Waals surface area contributed by atoms with E-state index < -0.39 is 12.6 Å². The lowest BCUT2D eigenvalue weighted by molar-refractivity contribution is -0.0498. The molecule has 3 nitrogen and oxygen atoms in total. The molecule has 29 heavy (non-hydrogen) atoms. The van der Waals surface area contributed by atoms with Crippen molar-refractivity contribution >= 4 is 5.97 Å². The van der Waals surface area contributed by atoms with E-state index in [-0.39, 0.29) is 11.3 Å². The molecule has 0 aromatic heterocycles. The van der Waals surface area contributed by atoms with E-state index in [1.54, 1.807) is 12.1 Å². The van der Waals surface area contributed by atoms with E-state index in [4.69, 9.17) is 4.74 Å². The van der Waals surface area contributed by atoms with Gasteiger partial charge in [-0.1, -0.05) is 64.0 Å². The lowest BCUT2D eigenvalue weighted by Crippen LogP contribution is -2.09. The molecule has 0 aliphatic rings. The van der Waals surface area contributed by atoms with Gasteiger partial charge in [0.05, 0.1) is 5.56 Å². The molecule has 5 heteroatoms. The van der Waals surface area contributed by atoms with Crippen molar-refractivity contribution in [1.29, 1.82) is 0 Å². The fourth-order valence-corrected chi connectivity index (χ4v) is 3.13. The zero-order valence-electron chi connectivity index (χ0n) is 17.0. The number of esters is 1. The van der Waals surface area contributed by atoms with Crippen LogP contribution in [-0.4, -0.2) is 12.6 Å². The Morgan fingerprint density at radius 3 is 1.93 bits per heavy atom. The van der Waals surface area contributed by atoms with Crippen LogP contribution in [0.4, 0.5) is 8.78 Å². The summed E-state index contributed by atoms with van der Waals surface area (Å²) in [5, 5.41) is 0. The highest BCUT2D eigenvalue weighted by Gasteiger charge is 2.10. The third-order valence-corrected chi connectivity index (χ3v) is 4.77. The van der Waals surface area contributed by atoms with Crippen LogP contribution in [0.3, 0.4) is 0 Å². The molecule has 0 aliphatic carbocycles. The predicted octanol–water partition coefficient (Wildman–Crippen LogP) is 7.19. The minimum atomic E-state index is -2.89. The topological polar surface area (TPSA) is 35.5 Å². The lowest BCUT2D eigenvalue weighted by Gasteiger charge is -2.07. The van der Waals surface area contributed by atoms with E-state index in [0.717, 1.165) is 6.42 Å². The Balaban J connectivity index is 1.70. The third-order valence-electron chi connectivity index (χ3n) is 4.77. The number of hydrogen-bond donors (Lipinski definition) is 0. The molecule has 2 aromatic carbocycles. The maximum absolute atomic E-state index is 12.2. The van der Waals surface area contributed by atoms with Crippen molar-refractivity contribution in [2.24, 2.45) is 0 Å². The maximum Gasteiger partial charge on any atom is 0.387 e. The highest BCUT2D eigenvalue weighted by Crippen LogP contribution is 2.19. The molecule has 0 N–H and O–H groups in total. The van der Waals surface area contributed by atoms with E-state index in [2.05, 4.69) is 11.7 Å². The second kappa shape index (κ2) is 12.9. The monoisotopic (exact) mass is 404 g/mol. The van der Waals surface area contributed by atoms with Gasteiger partial charge in [-0.05, 0) is 54.8 Å². The Hall–Kier alpha value is -2.43. The van der Waals surface area contributed by atoms with Gasteiger partial charge < -0.3 is 9.47 Å². The first-order valence-electron chi connectivity index (χ1n) is 10.4. The highest BCUT2D eigenvalue weighted by atomic mass is 19.3. The zero-order chi connectivity index (χ0) is 20.9. The molecule has 2 aromatic rings. The molecule has 0 bridgehead atoms. The van der Waals surface area contributed by atoms with Gasteiger partial charge in [-0.15, -0.1) is 0 Å². The van der Waals surface area contributed by atoms with E-state index in [9.17, 15) is 13.6 Å². The second-order valence-corrected chi connectivity index (χ2v) is 7.16. The Morgan fingerprint density at radius 1 is 0.793 bits per heavy atom. The molecule has 0 heterocycles. The fourth-order valence-electron chi connectivity index (χ4n) is 3.13. The van der Waals surface area contributed by atoms with E-state index in [1.165, 1.54) is 81.2 Å². The Morgan fingerprint density at radius 2 is 1.34 bits per heavy atom. The van der Waals surface area contributed by atoms with E-state index >= 15 is 0 Å². The van der Waals surface area contributed by atoms with Gasteiger partial charge in [-0.3, -0.25) is 0 Å². The molecule has 0 saturated carbocycles. The van der Waals surface area contributed by atoms with E-state index in [0.29, 0.717) is 5.75 Å². The summed E-state index contributed by atoms with van der Waals surface area (Å²) in [5.41, 5.74) is 1.50. The number of alkyl halides is 2. The molecule has 0 radical (unpaired) electrons. The Labute approximate surface area is 172 Å². The summed E-state index contributed by atoms with van der Waals surface area (Å²) in [6, 6.07) is 12.9. The van der Waals surface area contributed by atoms with Gasteiger partial charge in [0.15, 0.2) is 0 Å². The first kappa shape index (κ1) is 22.9. The average molecular weight is 404 g/mol. The molecule has 0 spiro atoms. The van der Waals surface area contributed by atoms with Crippen LogP contribution in [0.25, 0.3) is 0 Å². The number of aryl methyl sites for hydroxylation is 1. The van der Waals surface area contributed by atoms with Gasteiger partial charge in [0.2, 0.25) is 0 Å². The SMILES string of the molecule is CCCCCCCCCCc1ccc(OC(=O)c2ccc(OC(F)F)cc2)cc1. The molecular weight excluding hydrogens is 374 g/mol. The van der Waals surface area contributed by atoms with Crippen molar-refractivity contribution in [2.75, 3.05) is 0 Å². The number of carbonyl (C=O) groups excluding carboxylic acids is 1. The number of benzene rings is 2. The molecule has 0 unspecified atom stereocenters. The average Bonchev–Trinajstić information content (AvgIpc) is 2.71. The molecule has 0 aliphatic heterocycles. The quantitative estimate of drug-likeness (QED) is 0.201. The largest absolute Gasteiger partial charge is 0.435 e. The summed E-state index contributed by atoms with van der Waals surface area (Å²) in [4.78, 5) is 12.2. The maximum atomic E-state index is 12.2. The molecule has 158 valence electrons. The van der Waals surface area contributed by atoms with Gasteiger partial charge in [0.25, 0.3) is 0 Å². The number of carbonyl (C=O) groups is 1. The third kappa shape index (κ3) is 9.07. The smallest absolute Gasteiger partial charge is 0.387 e. The van der Waals surface area contributed by atoms with Crippen molar-refractivity contribution in [1.82, 2.24) is 0 Å². The molecule has 0 saturated heterocycles. The van der Waals surface area contributed by atoms with Crippen molar-refractivity contribution < 1.29 is 23.0 Å². The van der Waals surface area contributed by atoms with Crippen molar-refractivity contribution in [3.05, 3.63) is 59.7 Å². The summed E-state index contributed by atoms with van der Waals surface area (Å²) < 4.78 is 33.9. The van der Waals surface area contributed by atoms with Crippen LogP contribution < -0.4 is 9.47 Å². The number of hydrogen-bond acceptors (Lipinski definition) is 3. The molecule has 0 fully saturated rings. The van der Waals surface area contributed by atoms with Gasteiger partial charge in [0, 0.05) is 0 Å². The first-order valence-corrected chi connectivity index (χ1v) is 10.4. The van der Waals surface area contributed by atoms with Crippen molar-refractivity contribution in [3.8, 4) is 11.5 Å². The van der Waals surface area contributed by atoms with Gasteiger partial charge in [-0.25, -0.2) is 4.79 Å². The second-order valence-electron chi connectivity index (χ2n) is 7.16. The Bertz CT molecular complexity index is 712. The van der Waals surface area contributed by atoms with E-state index in [1.807, 2.05) is 12.1 Å². The molecular formula is C24H30F2O3. The molecule has 0 amide bonds. The number of unbranched alkanes of at least 4 members (excludes halogenated alkanes) is 7. The Kier molecular flexibility index (Phi) is 10.2. The zero-order valence-corrected chi connectivity index (χ0v) is 17.0. The van der Waals surface area contributed by atoms with Crippen LogP contribution in [0.1, 0.15) is 74.2 Å². The van der Waals surface area contributed by atoms with Gasteiger partial charge in [-0.2, -0.15) is 8.78 Å². The minimum absolute atomic E-state index is 0.00172. The number of ether oxygens (including phenoxy) is 2. The van der Waals surface area contributed by atoms with Crippen molar-refractivity contribution in [2.45, 2.75) is 71.3 Å². The van der Waals surface area contributed by atoms with Crippen LogP contribution in [-0.2, 0) is 6.42 Å². The number of halogens is 2. The van der Waals surface area contributed by atoms with Crippen LogP contribution >= 0.6 is 0 Å². The first-order chi connectivity index (χ1) is 14.1. The summed E-state index contributed by atoms with van der Waals surface area (Å²) in [5.74, 6) is -0.0751. The van der Waals surface area contributed by atoms with Gasteiger partial charge >= 0.3 is 12.6 Å². The highest BCUT2D eigenvalue weighted by molar-refractivity contribution is 5.91. The predicted molar refractivity (Wildman–Crippen MR) is 111 cm³/mol. The summed E-state index contributed by atoms with van der Waals surface area (Å²) in [6.45, 7) is -0.658. The number of rotatable bonds is 13. The van der Waals surface area contributed by atoms with Crippen LogP contribution in [0, 0.1) is 0 Å². The summed E-state index contributed by atoms with van der Waals surface area (Å²) in [7, 11) is 0.